The first-order valence-corrected chi connectivity index (χ1v) is 3.36. The van der Waals surface area contributed by atoms with Crippen molar-refractivity contribution in [1.29, 1.82) is 0 Å². The summed E-state index contributed by atoms with van der Waals surface area (Å²) < 4.78 is 1.60. The molecule has 0 unspecified atom stereocenters. The van der Waals surface area contributed by atoms with Crippen molar-refractivity contribution in [2.45, 2.75) is 13.5 Å². The minimum atomic E-state index is -0.0203. The van der Waals surface area contributed by atoms with Crippen molar-refractivity contribution >= 4 is 5.78 Å². The predicted molar refractivity (Wildman–Crippen MR) is 42.2 cm³/mol. The van der Waals surface area contributed by atoms with E-state index < -0.39 is 0 Å². The summed E-state index contributed by atoms with van der Waals surface area (Å²) in [6.45, 7) is 5.59. The summed E-state index contributed by atoms with van der Waals surface area (Å²) in [4.78, 5) is 10.8. The molecule has 0 fully saturated rings. The fourth-order valence-corrected chi connectivity index (χ4v) is 0.778. The van der Waals surface area contributed by atoms with Gasteiger partial charge in [-0.3, -0.25) is 9.48 Å². The lowest BCUT2D eigenvalue weighted by Crippen LogP contribution is -2.06. The minimum Gasteiger partial charge on any atom is -0.293 e. The number of aryl methyl sites for hydroxylation is 1. The van der Waals surface area contributed by atoms with Gasteiger partial charge in [-0.1, -0.05) is 6.58 Å². The largest absolute Gasteiger partial charge is 0.293 e. The molecule has 1 heterocycles. The minimum absolute atomic E-state index is 0.0203. The molecule has 0 atom stereocenters. The van der Waals surface area contributed by atoms with Crippen molar-refractivity contribution in [2.75, 3.05) is 0 Å². The molecular formula is C8H10N2O. The second-order valence-corrected chi connectivity index (χ2v) is 2.39. The Labute approximate surface area is 65.3 Å². The summed E-state index contributed by atoms with van der Waals surface area (Å²) >= 11 is 0. The number of nitrogens with zero attached hydrogens (tertiary/aromatic N) is 2. The molecule has 3 heteroatoms. The van der Waals surface area contributed by atoms with Crippen LogP contribution in [0, 0.1) is 6.92 Å². The third-order valence-corrected chi connectivity index (χ3v) is 1.31. The summed E-state index contributed by atoms with van der Waals surface area (Å²) in [5.74, 6) is -0.0203. The zero-order valence-electron chi connectivity index (χ0n) is 6.45. The van der Waals surface area contributed by atoms with E-state index >= 15 is 0 Å². The molecule has 0 bridgehead atoms. The fraction of sp³-hybridized carbons (Fsp3) is 0.250. The average Bonchev–Trinajstić information content (AvgIpc) is 2.35. The zero-order chi connectivity index (χ0) is 8.27. The van der Waals surface area contributed by atoms with Crippen molar-refractivity contribution in [3.8, 4) is 0 Å². The SMILES string of the molecule is C=CC(=O)Cn1cc(C)cn1. The van der Waals surface area contributed by atoms with Crippen LogP contribution in [0.1, 0.15) is 5.56 Å². The Morgan fingerprint density at radius 1 is 1.91 bits per heavy atom. The van der Waals surface area contributed by atoms with Crippen LogP contribution in [-0.2, 0) is 11.3 Å². The van der Waals surface area contributed by atoms with Gasteiger partial charge in [0.05, 0.1) is 6.20 Å². The molecule has 3 nitrogen and oxygen atoms in total. The highest BCUT2D eigenvalue weighted by molar-refractivity contribution is 5.88. The van der Waals surface area contributed by atoms with Crippen LogP contribution in [0.4, 0.5) is 0 Å². The van der Waals surface area contributed by atoms with Crippen molar-refractivity contribution in [3.63, 3.8) is 0 Å². The lowest BCUT2D eigenvalue weighted by Gasteiger charge is -1.94. The Morgan fingerprint density at radius 2 is 2.64 bits per heavy atom. The molecule has 0 spiro atoms. The third-order valence-electron chi connectivity index (χ3n) is 1.31. The third kappa shape index (κ3) is 2.04. The highest BCUT2D eigenvalue weighted by Crippen LogP contribution is 1.93. The van der Waals surface area contributed by atoms with Crippen molar-refractivity contribution < 1.29 is 4.79 Å². The molecule has 0 radical (unpaired) electrons. The zero-order valence-corrected chi connectivity index (χ0v) is 6.45. The molecule has 1 rings (SSSR count). The maximum absolute atomic E-state index is 10.8. The smallest absolute Gasteiger partial charge is 0.176 e. The van der Waals surface area contributed by atoms with E-state index in [0.29, 0.717) is 0 Å². The normalized spacial score (nSPS) is 9.55. The fourth-order valence-electron chi connectivity index (χ4n) is 0.778. The van der Waals surface area contributed by atoms with E-state index in [1.54, 1.807) is 10.9 Å². The second-order valence-electron chi connectivity index (χ2n) is 2.39. The van der Waals surface area contributed by atoms with Crippen molar-refractivity contribution in [3.05, 3.63) is 30.6 Å². The monoisotopic (exact) mass is 150 g/mol. The average molecular weight is 150 g/mol. The first-order chi connectivity index (χ1) is 5.22. The van der Waals surface area contributed by atoms with E-state index in [1.165, 1.54) is 6.08 Å². The van der Waals surface area contributed by atoms with Gasteiger partial charge in [-0.15, -0.1) is 0 Å². The van der Waals surface area contributed by atoms with Crippen LogP contribution < -0.4 is 0 Å². The lowest BCUT2D eigenvalue weighted by molar-refractivity contribution is -0.115. The molecule has 11 heavy (non-hydrogen) atoms. The number of carbonyl (C=O) groups excluding carboxylic acids is 1. The Kier molecular flexibility index (Phi) is 2.21. The number of rotatable bonds is 3. The van der Waals surface area contributed by atoms with E-state index in [2.05, 4.69) is 11.7 Å². The molecule has 0 aliphatic carbocycles. The molecule has 0 saturated heterocycles. The first-order valence-electron chi connectivity index (χ1n) is 3.36. The summed E-state index contributed by atoms with van der Waals surface area (Å²) in [5, 5.41) is 3.95. The highest BCUT2D eigenvalue weighted by Gasteiger charge is 1.97. The summed E-state index contributed by atoms with van der Waals surface area (Å²) in [6.07, 6.45) is 4.84. The van der Waals surface area contributed by atoms with E-state index in [1.807, 2.05) is 13.1 Å². The molecule has 58 valence electrons. The van der Waals surface area contributed by atoms with Crippen LogP contribution in [-0.4, -0.2) is 15.6 Å². The van der Waals surface area contributed by atoms with Crippen LogP contribution in [0.3, 0.4) is 0 Å². The number of carbonyl (C=O) groups is 1. The Hall–Kier alpha value is -1.38. The van der Waals surface area contributed by atoms with Crippen molar-refractivity contribution in [2.24, 2.45) is 0 Å². The maximum Gasteiger partial charge on any atom is 0.176 e. The number of hydrogen-bond donors (Lipinski definition) is 0. The van der Waals surface area contributed by atoms with Gasteiger partial charge in [-0.2, -0.15) is 5.10 Å². The van der Waals surface area contributed by atoms with Crippen LogP contribution in [0.25, 0.3) is 0 Å². The first kappa shape index (κ1) is 7.72. The molecule has 0 aliphatic heterocycles. The summed E-state index contributed by atoms with van der Waals surface area (Å²) in [5.41, 5.74) is 1.06. The summed E-state index contributed by atoms with van der Waals surface area (Å²) in [6, 6.07) is 0. The van der Waals surface area contributed by atoms with Gasteiger partial charge in [-0.25, -0.2) is 0 Å². The Morgan fingerprint density at radius 3 is 3.09 bits per heavy atom. The van der Waals surface area contributed by atoms with Crippen LogP contribution in [0.15, 0.2) is 25.0 Å². The highest BCUT2D eigenvalue weighted by atomic mass is 16.1. The molecular weight excluding hydrogens is 140 g/mol. The second kappa shape index (κ2) is 3.14. The topological polar surface area (TPSA) is 34.9 Å². The van der Waals surface area contributed by atoms with Gasteiger partial charge in [0.1, 0.15) is 6.54 Å². The standard InChI is InChI=1S/C8H10N2O/c1-3-8(11)6-10-5-7(2)4-9-10/h3-5H,1,6H2,2H3. The number of ketones is 1. The molecule has 0 N–H and O–H groups in total. The molecule has 0 saturated carbocycles. The Bertz CT molecular complexity index is 275. The van der Waals surface area contributed by atoms with Crippen LogP contribution >= 0.6 is 0 Å². The number of aromatic nitrogens is 2. The summed E-state index contributed by atoms with van der Waals surface area (Å²) in [7, 11) is 0. The Balaban J connectivity index is 2.64. The molecule has 1 aromatic heterocycles. The van der Waals surface area contributed by atoms with Gasteiger partial charge < -0.3 is 0 Å². The van der Waals surface area contributed by atoms with E-state index in [9.17, 15) is 4.79 Å². The van der Waals surface area contributed by atoms with Crippen molar-refractivity contribution in [1.82, 2.24) is 9.78 Å². The van der Waals surface area contributed by atoms with Crippen LogP contribution in [0.5, 0.6) is 0 Å². The van der Waals surface area contributed by atoms with Crippen LogP contribution in [0.2, 0.25) is 0 Å². The van der Waals surface area contributed by atoms with Gasteiger partial charge >= 0.3 is 0 Å². The molecule has 0 aromatic carbocycles. The maximum atomic E-state index is 10.8. The van der Waals surface area contributed by atoms with Gasteiger partial charge in [0.2, 0.25) is 0 Å². The van der Waals surface area contributed by atoms with E-state index in [4.69, 9.17) is 0 Å². The molecule has 0 aliphatic rings. The van der Waals surface area contributed by atoms with E-state index in [-0.39, 0.29) is 12.3 Å². The predicted octanol–water partition coefficient (Wildman–Crippen LogP) is 0.947. The van der Waals surface area contributed by atoms with Gasteiger partial charge in [0.25, 0.3) is 0 Å². The van der Waals surface area contributed by atoms with Gasteiger partial charge in [0.15, 0.2) is 5.78 Å². The quantitative estimate of drug-likeness (QED) is 0.601. The molecule has 1 aromatic rings. The lowest BCUT2D eigenvalue weighted by atomic mass is 10.4. The van der Waals surface area contributed by atoms with E-state index in [0.717, 1.165) is 5.56 Å². The van der Waals surface area contributed by atoms with Gasteiger partial charge in [-0.05, 0) is 18.6 Å². The number of hydrogen-bond acceptors (Lipinski definition) is 2. The van der Waals surface area contributed by atoms with Gasteiger partial charge in [0, 0.05) is 6.20 Å². The molecule has 0 amide bonds. The number of allylic oxidation sites excluding steroid dienone is 1.